The van der Waals surface area contributed by atoms with E-state index in [0.717, 1.165) is 12.0 Å². The second kappa shape index (κ2) is 10.7. The monoisotopic (exact) mass is 458 g/mol. The van der Waals surface area contributed by atoms with Crippen LogP contribution in [-0.2, 0) is 4.79 Å². The van der Waals surface area contributed by atoms with Crippen molar-refractivity contribution >= 4 is 23.4 Å². The lowest BCUT2D eigenvalue weighted by Crippen LogP contribution is -2.36. The van der Waals surface area contributed by atoms with Crippen LogP contribution in [0.5, 0.6) is 11.5 Å². The molecule has 0 bridgehead atoms. The molecule has 0 aliphatic carbocycles. The highest BCUT2D eigenvalue weighted by Gasteiger charge is 2.41. The van der Waals surface area contributed by atoms with Crippen molar-refractivity contribution in [2.45, 2.75) is 26.2 Å². The van der Waals surface area contributed by atoms with E-state index in [1.807, 2.05) is 18.2 Å². The minimum Gasteiger partial charge on any atom is -0.497 e. The number of carbonyl (C=O) groups is 2. The zero-order valence-electron chi connectivity index (χ0n) is 19.1. The molecule has 0 aromatic heterocycles. The molecule has 172 valence electrons. The Morgan fingerprint density at radius 2 is 1.91 bits per heavy atom. The molecule has 32 heavy (non-hydrogen) atoms. The highest BCUT2D eigenvalue weighted by atomic mass is 35.5. The maximum atomic E-state index is 13.2. The number of hydrogen-bond acceptors (Lipinski definition) is 4. The van der Waals surface area contributed by atoms with E-state index in [4.69, 9.17) is 21.1 Å². The quantitative estimate of drug-likeness (QED) is 0.637. The molecule has 2 amide bonds. The maximum Gasteiger partial charge on any atom is 0.253 e. The molecule has 1 N–H and O–H groups in total. The van der Waals surface area contributed by atoms with Crippen LogP contribution in [-0.4, -0.2) is 50.6 Å². The highest BCUT2D eigenvalue weighted by Crippen LogP contribution is 2.40. The Hall–Kier alpha value is -2.73. The van der Waals surface area contributed by atoms with Gasteiger partial charge in [-0.15, -0.1) is 0 Å². The summed E-state index contributed by atoms with van der Waals surface area (Å²) in [5, 5.41) is 3.56. The number of likely N-dealkylation sites (tertiary alicyclic amines) is 1. The molecule has 2 aromatic carbocycles. The fourth-order valence-electron chi connectivity index (χ4n) is 4.10. The standard InChI is InChI=1S/C25H31ClN2O4/c1-16(2)10-11-27-24(29)22-15-28(25(30)17-6-5-7-18(26)12-17)14-21(22)20-13-19(31-3)8-9-23(20)32-4/h5-9,12-13,16,21-22H,10-11,14-15H2,1-4H3,(H,27,29)/t21-,22+/m0/s1. The lowest BCUT2D eigenvalue weighted by molar-refractivity contribution is -0.124. The van der Waals surface area contributed by atoms with Gasteiger partial charge >= 0.3 is 0 Å². The van der Waals surface area contributed by atoms with E-state index >= 15 is 0 Å². The first-order chi connectivity index (χ1) is 15.3. The van der Waals surface area contributed by atoms with Crippen molar-refractivity contribution < 1.29 is 19.1 Å². The number of nitrogens with one attached hydrogen (secondary N) is 1. The van der Waals surface area contributed by atoms with Crippen LogP contribution in [0.25, 0.3) is 0 Å². The minimum atomic E-state index is -0.397. The molecule has 0 saturated carbocycles. The van der Waals surface area contributed by atoms with Crippen LogP contribution in [0.4, 0.5) is 0 Å². The van der Waals surface area contributed by atoms with E-state index in [9.17, 15) is 9.59 Å². The third-order valence-electron chi connectivity index (χ3n) is 5.87. The van der Waals surface area contributed by atoms with Crippen molar-refractivity contribution in [3.63, 3.8) is 0 Å². The number of rotatable bonds is 8. The van der Waals surface area contributed by atoms with Gasteiger partial charge in [0, 0.05) is 41.7 Å². The summed E-state index contributed by atoms with van der Waals surface area (Å²) in [4.78, 5) is 28.1. The smallest absolute Gasteiger partial charge is 0.253 e. The summed E-state index contributed by atoms with van der Waals surface area (Å²) in [5.41, 5.74) is 1.37. The van der Waals surface area contributed by atoms with Gasteiger partial charge in [0.15, 0.2) is 0 Å². The van der Waals surface area contributed by atoms with Gasteiger partial charge in [-0.2, -0.15) is 0 Å². The third kappa shape index (κ3) is 5.54. The Labute approximate surface area is 194 Å². The predicted octanol–water partition coefficient (Wildman–Crippen LogP) is 4.38. The largest absolute Gasteiger partial charge is 0.497 e. The zero-order valence-corrected chi connectivity index (χ0v) is 19.8. The fourth-order valence-corrected chi connectivity index (χ4v) is 4.29. The van der Waals surface area contributed by atoms with E-state index in [0.29, 0.717) is 47.6 Å². The van der Waals surface area contributed by atoms with Gasteiger partial charge < -0.3 is 19.7 Å². The molecule has 1 fully saturated rings. The molecule has 1 aliphatic heterocycles. The number of methoxy groups -OCH3 is 2. The summed E-state index contributed by atoms with van der Waals surface area (Å²) in [7, 11) is 3.21. The molecule has 1 aliphatic rings. The summed E-state index contributed by atoms with van der Waals surface area (Å²) in [6.07, 6.45) is 0.900. The van der Waals surface area contributed by atoms with E-state index in [-0.39, 0.29) is 17.7 Å². The molecule has 6 nitrogen and oxygen atoms in total. The summed E-state index contributed by atoms with van der Waals surface area (Å²) in [6, 6.07) is 12.4. The average Bonchev–Trinajstić information content (AvgIpc) is 3.23. The lowest BCUT2D eigenvalue weighted by Gasteiger charge is -2.21. The second-order valence-corrected chi connectivity index (χ2v) is 8.95. The summed E-state index contributed by atoms with van der Waals surface area (Å²) >= 11 is 6.09. The maximum absolute atomic E-state index is 13.2. The number of amides is 2. The average molecular weight is 459 g/mol. The van der Waals surface area contributed by atoms with Gasteiger partial charge in [-0.25, -0.2) is 0 Å². The van der Waals surface area contributed by atoms with Crippen LogP contribution in [0.2, 0.25) is 5.02 Å². The molecule has 0 radical (unpaired) electrons. The van der Waals surface area contributed by atoms with Crippen LogP contribution in [0.3, 0.4) is 0 Å². The molecule has 1 heterocycles. The zero-order chi connectivity index (χ0) is 23.3. The van der Waals surface area contributed by atoms with Gasteiger partial charge in [-0.3, -0.25) is 9.59 Å². The summed E-state index contributed by atoms with van der Waals surface area (Å²) < 4.78 is 11.0. The van der Waals surface area contributed by atoms with Crippen molar-refractivity contribution in [1.29, 1.82) is 0 Å². The van der Waals surface area contributed by atoms with Gasteiger partial charge in [-0.05, 0) is 48.7 Å². The highest BCUT2D eigenvalue weighted by molar-refractivity contribution is 6.30. The van der Waals surface area contributed by atoms with Gasteiger partial charge in [0.25, 0.3) is 5.91 Å². The molecule has 3 rings (SSSR count). The SMILES string of the molecule is COc1ccc(OC)c([C@@H]2CN(C(=O)c3cccc(Cl)c3)C[C@H]2C(=O)NCCC(C)C)c1. The second-order valence-electron chi connectivity index (χ2n) is 8.51. The minimum absolute atomic E-state index is 0.0538. The Kier molecular flexibility index (Phi) is 8.02. The normalized spacial score (nSPS) is 18.0. The van der Waals surface area contributed by atoms with E-state index in [1.165, 1.54) is 0 Å². The van der Waals surface area contributed by atoms with Crippen molar-refractivity contribution in [3.8, 4) is 11.5 Å². The van der Waals surface area contributed by atoms with Crippen molar-refractivity contribution in [2.24, 2.45) is 11.8 Å². The Morgan fingerprint density at radius 1 is 1.12 bits per heavy atom. The molecule has 0 spiro atoms. The Bertz CT molecular complexity index is 963. The van der Waals surface area contributed by atoms with Gasteiger partial charge in [0.2, 0.25) is 5.91 Å². The van der Waals surface area contributed by atoms with E-state index < -0.39 is 5.92 Å². The van der Waals surface area contributed by atoms with Crippen LogP contribution >= 0.6 is 11.6 Å². The van der Waals surface area contributed by atoms with Crippen molar-refractivity contribution in [2.75, 3.05) is 33.9 Å². The number of halogens is 1. The van der Waals surface area contributed by atoms with Crippen LogP contribution in [0.1, 0.15) is 42.1 Å². The number of ether oxygens (including phenoxy) is 2. The van der Waals surface area contributed by atoms with Gasteiger partial charge in [-0.1, -0.05) is 31.5 Å². The number of benzene rings is 2. The first-order valence-corrected chi connectivity index (χ1v) is 11.3. The van der Waals surface area contributed by atoms with Crippen molar-refractivity contribution in [3.05, 3.63) is 58.6 Å². The number of hydrogen-bond donors (Lipinski definition) is 1. The van der Waals surface area contributed by atoms with Crippen LogP contribution in [0.15, 0.2) is 42.5 Å². The molecule has 2 atom stereocenters. The Morgan fingerprint density at radius 3 is 2.56 bits per heavy atom. The van der Waals surface area contributed by atoms with E-state index in [1.54, 1.807) is 43.4 Å². The number of carbonyl (C=O) groups excluding carboxylic acids is 2. The summed E-state index contributed by atoms with van der Waals surface area (Å²) in [6.45, 7) is 5.58. The molecule has 1 saturated heterocycles. The first-order valence-electron chi connectivity index (χ1n) is 10.9. The van der Waals surface area contributed by atoms with Crippen LogP contribution < -0.4 is 14.8 Å². The molecule has 0 unspecified atom stereocenters. The fraction of sp³-hybridized carbons (Fsp3) is 0.440. The Balaban J connectivity index is 1.91. The lowest BCUT2D eigenvalue weighted by atomic mass is 9.87. The van der Waals surface area contributed by atoms with Gasteiger partial charge in [0.05, 0.1) is 20.1 Å². The summed E-state index contributed by atoms with van der Waals surface area (Å²) in [5.74, 6) is 1.04. The van der Waals surface area contributed by atoms with E-state index in [2.05, 4.69) is 19.2 Å². The third-order valence-corrected chi connectivity index (χ3v) is 6.11. The van der Waals surface area contributed by atoms with Crippen molar-refractivity contribution in [1.82, 2.24) is 10.2 Å². The number of nitrogens with zero attached hydrogens (tertiary/aromatic N) is 1. The molecule has 7 heteroatoms. The predicted molar refractivity (Wildman–Crippen MR) is 126 cm³/mol. The van der Waals surface area contributed by atoms with Crippen LogP contribution in [0, 0.1) is 11.8 Å². The topological polar surface area (TPSA) is 67.9 Å². The first kappa shape index (κ1) is 23.9. The molecule has 2 aromatic rings. The molecular weight excluding hydrogens is 428 g/mol. The van der Waals surface area contributed by atoms with Gasteiger partial charge in [0.1, 0.15) is 11.5 Å². The molecular formula is C25H31ClN2O4.